The van der Waals surface area contributed by atoms with Gasteiger partial charge in [0.05, 0.1) is 0 Å². The summed E-state index contributed by atoms with van der Waals surface area (Å²) in [6.07, 6.45) is -5.34. The van der Waals surface area contributed by atoms with E-state index in [9.17, 15) is 18.0 Å². The molecule has 1 amide bonds. The molecular weight excluding hydrogens is 425 g/mol. The van der Waals surface area contributed by atoms with Crippen molar-refractivity contribution in [3.05, 3.63) is 41.6 Å². The van der Waals surface area contributed by atoms with E-state index >= 15 is 0 Å². The highest BCUT2D eigenvalue weighted by Crippen LogP contribution is 2.52. The Hall–Kier alpha value is -2.75. The smallest absolute Gasteiger partial charge is 0.406 e. The molecule has 0 spiro atoms. The number of aryl methyl sites for hydroxylation is 2. The second kappa shape index (κ2) is 8.65. The Labute approximate surface area is 184 Å². The van der Waals surface area contributed by atoms with Crippen molar-refractivity contribution in [2.24, 2.45) is 24.8 Å². The van der Waals surface area contributed by atoms with Crippen LogP contribution in [0.15, 0.2) is 30.3 Å². The van der Waals surface area contributed by atoms with E-state index in [0.717, 1.165) is 25.3 Å². The summed E-state index contributed by atoms with van der Waals surface area (Å²) in [7, 11) is 1.75. The third-order valence-corrected chi connectivity index (χ3v) is 6.37. The molecule has 1 saturated carbocycles. The van der Waals surface area contributed by atoms with Crippen molar-refractivity contribution in [1.29, 1.82) is 0 Å². The van der Waals surface area contributed by atoms with Gasteiger partial charge in [-0.2, -0.15) is 0 Å². The van der Waals surface area contributed by atoms with Crippen LogP contribution in [0.5, 0.6) is 11.6 Å². The zero-order valence-electron chi connectivity index (χ0n) is 18.3. The Morgan fingerprint density at radius 1 is 1.25 bits per heavy atom. The van der Waals surface area contributed by atoms with E-state index in [-0.39, 0.29) is 18.2 Å². The number of likely N-dealkylation sites (tertiary alicyclic amines) is 1. The van der Waals surface area contributed by atoms with Gasteiger partial charge in [-0.15, -0.1) is 18.3 Å². The first-order valence-electron chi connectivity index (χ1n) is 10.7. The number of benzene rings is 1. The van der Waals surface area contributed by atoms with Crippen molar-refractivity contribution in [1.82, 2.24) is 19.6 Å². The van der Waals surface area contributed by atoms with Crippen molar-refractivity contribution >= 4 is 6.09 Å². The molecule has 2 aliphatic rings. The minimum Gasteiger partial charge on any atom is -0.406 e. The van der Waals surface area contributed by atoms with Crippen LogP contribution in [0.3, 0.4) is 0 Å². The van der Waals surface area contributed by atoms with Gasteiger partial charge in [0.25, 0.3) is 0 Å². The maximum absolute atomic E-state index is 13.0. The summed E-state index contributed by atoms with van der Waals surface area (Å²) in [4.78, 5) is 16.9. The van der Waals surface area contributed by atoms with Gasteiger partial charge in [0.1, 0.15) is 5.75 Å². The summed E-state index contributed by atoms with van der Waals surface area (Å²) in [5, 5.41) is 4.16. The fourth-order valence-electron chi connectivity index (χ4n) is 4.52. The molecule has 2 atom stereocenters. The van der Waals surface area contributed by atoms with E-state index in [1.54, 1.807) is 28.8 Å². The number of aromatic nitrogens is 2. The number of nitrogens with zero attached hydrogens (tertiary/aromatic N) is 4. The molecule has 0 bridgehead atoms. The number of ether oxygens (including phenoxy) is 2. The van der Waals surface area contributed by atoms with E-state index in [2.05, 4.69) is 21.7 Å². The summed E-state index contributed by atoms with van der Waals surface area (Å²) in [5.74, 6) is 1.34. The summed E-state index contributed by atoms with van der Waals surface area (Å²) in [6.45, 7) is 7.63. The highest BCUT2D eigenvalue weighted by Gasteiger charge is 2.55. The number of amides is 1. The molecule has 0 radical (unpaired) electrons. The minimum absolute atomic E-state index is 0.118. The van der Waals surface area contributed by atoms with Crippen molar-refractivity contribution in [2.75, 3.05) is 26.2 Å². The van der Waals surface area contributed by atoms with E-state index in [4.69, 9.17) is 4.74 Å². The Balaban J connectivity index is 1.47. The number of piperidine rings is 1. The average Bonchev–Trinajstić information content (AvgIpc) is 3.01. The van der Waals surface area contributed by atoms with E-state index in [0.29, 0.717) is 29.9 Å². The van der Waals surface area contributed by atoms with Crippen LogP contribution in [-0.2, 0) is 13.6 Å². The number of fused-ring (bicyclic) bond motifs is 1. The lowest BCUT2D eigenvalue weighted by Gasteiger charge is -2.24. The van der Waals surface area contributed by atoms with E-state index in [1.165, 1.54) is 18.2 Å². The molecule has 1 aliphatic heterocycles. The van der Waals surface area contributed by atoms with Gasteiger partial charge in [0.2, 0.25) is 5.88 Å². The zero-order valence-corrected chi connectivity index (χ0v) is 18.3. The molecule has 1 aromatic heterocycles. The van der Waals surface area contributed by atoms with Crippen LogP contribution in [0.1, 0.15) is 18.2 Å². The Kier molecular flexibility index (Phi) is 6.07. The standard InChI is InChI=1S/C22H27F3N4O3/c1-4-28-11-17-18(12-28)19(17)13-29(21(30)31-20-8-14(2)27(3)26-20)10-15-6-5-7-16(9-15)32-22(23,24)25/h5-9,17-19H,4,10-13H2,1-3H3. The zero-order chi connectivity index (χ0) is 23.0. The van der Waals surface area contributed by atoms with Gasteiger partial charge >= 0.3 is 12.5 Å². The molecule has 4 rings (SSSR count). The van der Waals surface area contributed by atoms with Crippen LogP contribution in [0.25, 0.3) is 0 Å². The maximum Gasteiger partial charge on any atom is 0.573 e. The Morgan fingerprint density at radius 2 is 1.97 bits per heavy atom. The first kappa shape index (κ1) is 22.4. The predicted octanol–water partition coefficient (Wildman–Crippen LogP) is 3.83. The molecule has 1 aliphatic carbocycles. The normalized spacial score (nSPS) is 22.5. The summed E-state index contributed by atoms with van der Waals surface area (Å²) < 4.78 is 48.9. The fourth-order valence-corrected chi connectivity index (χ4v) is 4.52. The van der Waals surface area contributed by atoms with Crippen molar-refractivity contribution in [3.63, 3.8) is 0 Å². The Morgan fingerprint density at radius 3 is 2.56 bits per heavy atom. The van der Waals surface area contributed by atoms with Crippen molar-refractivity contribution < 1.29 is 27.4 Å². The number of alkyl halides is 3. The topological polar surface area (TPSA) is 59.8 Å². The predicted molar refractivity (Wildman–Crippen MR) is 110 cm³/mol. The quantitative estimate of drug-likeness (QED) is 0.639. The molecule has 0 N–H and O–H groups in total. The van der Waals surface area contributed by atoms with Crippen molar-refractivity contribution in [2.45, 2.75) is 26.8 Å². The number of halogens is 3. The molecule has 174 valence electrons. The van der Waals surface area contributed by atoms with Crippen LogP contribution in [-0.4, -0.2) is 58.2 Å². The molecule has 32 heavy (non-hydrogen) atoms. The molecule has 2 heterocycles. The Bertz CT molecular complexity index is 946. The summed E-state index contributed by atoms with van der Waals surface area (Å²) >= 11 is 0. The van der Waals surface area contributed by atoms with Gasteiger partial charge < -0.3 is 19.3 Å². The number of hydrogen-bond acceptors (Lipinski definition) is 5. The van der Waals surface area contributed by atoms with E-state index < -0.39 is 12.5 Å². The molecule has 1 aromatic carbocycles. The molecule has 1 saturated heterocycles. The SMILES string of the molecule is CCN1CC2C(C1)C2CN(Cc1cccc(OC(F)(F)F)c1)C(=O)Oc1cc(C)n(C)n1. The lowest BCUT2D eigenvalue weighted by Crippen LogP contribution is -2.37. The lowest BCUT2D eigenvalue weighted by molar-refractivity contribution is -0.274. The highest BCUT2D eigenvalue weighted by molar-refractivity contribution is 5.70. The molecule has 2 unspecified atom stereocenters. The summed E-state index contributed by atoms with van der Waals surface area (Å²) in [5.41, 5.74) is 1.37. The second-order valence-corrected chi connectivity index (χ2v) is 8.54. The van der Waals surface area contributed by atoms with Gasteiger partial charge in [0.15, 0.2) is 0 Å². The third-order valence-electron chi connectivity index (χ3n) is 6.37. The van der Waals surface area contributed by atoms with Gasteiger partial charge in [-0.3, -0.25) is 4.68 Å². The van der Waals surface area contributed by atoms with Gasteiger partial charge in [-0.25, -0.2) is 4.79 Å². The molecule has 7 nitrogen and oxygen atoms in total. The third kappa shape index (κ3) is 5.17. The maximum atomic E-state index is 13.0. The molecule has 2 fully saturated rings. The first-order chi connectivity index (χ1) is 15.1. The van der Waals surface area contributed by atoms with Crippen LogP contribution in [0, 0.1) is 24.7 Å². The monoisotopic (exact) mass is 452 g/mol. The number of carbonyl (C=O) groups is 1. The van der Waals surface area contributed by atoms with Crippen LogP contribution in [0.2, 0.25) is 0 Å². The van der Waals surface area contributed by atoms with Crippen molar-refractivity contribution in [3.8, 4) is 11.6 Å². The van der Waals surface area contributed by atoms with E-state index in [1.807, 2.05) is 6.92 Å². The number of carbonyl (C=O) groups excluding carboxylic acids is 1. The van der Waals surface area contributed by atoms with Crippen LogP contribution >= 0.6 is 0 Å². The van der Waals surface area contributed by atoms with Gasteiger partial charge in [-0.1, -0.05) is 19.1 Å². The van der Waals surface area contributed by atoms with Gasteiger partial charge in [0, 0.05) is 45.0 Å². The first-order valence-corrected chi connectivity index (χ1v) is 10.7. The van der Waals surface area contributed by atoms with Crippen LogP contribution in [0.4, 0.5) is 18.0 Å². The highest BCUT2D eigenvalue weighted by atomic mass is 19.4. The largest absolute Gasteiger partial charge is 0.573 e. The second-order valence-electron chi connectivity index (χ2n) is 8.54. The molecular formula is C22H27F3N4O3. The lowest BCUT2D eigenvalue weighted by atomic mass is 10.2. The van der Waals surface area contributed by atoms with Gasteiger partial charge in [-0.05, 0) is 48.9 Å². The number of hydrogen-bond donors (Lipinski definition) is 0. The minimum atomic E-state index is -4.77. The molecule has 10 heteroatoms. The average molecular weight is 452 g/mol. The number of rotatable bonds is 7. The summed E-state index contributed by atoms with van der Waals surface area (Å²) in [6, 6.07) is 7.35. The fraction of sp³-hybridized carbons (Fsp3) is 0.545. The van der Waals surface area contributed by atoms with Crippen LogP contribution < -0.4 is 9.47 Å². The molecule has 2 aromatic rings.